The van der Waals surface area contributed by atoms with Crippen molar-refractivity contribution in [3.8, 4) is 17.3 Å². The molecule has 1 aliphatic carbocycles. The first-order chi connectivity index (χ1) is 14.8. The fourth-order valence-corrected chi connectivity index (χ4v) is 4.27. The summed E-state index contributed by atoms with van der Waals surface area (Å²) in [7, 11) is -7.59. The number of alkyl halides is 3. The molecule has 1 N–H and O–H groups in total. The highest BCUT2D eigenvalue weighted by Gasteiger charge is 2.50. The second kappa shape index (κ2) is 9.14. The first-order valence-corrected chi connectivity index (χ1v) is 12.6. The average molecular weight is 495 g/mol. The van der Waals surface area contributed by atoms with E-state index in [4.69, 9.17) is 4.42 Å². The highest BCUT2D eigenvalue weighted by molar-refractivity contribution is 7.88. The minimum Gasteiger partial charge on any atom is -0.435 e. The number of benzene rings is 1. The van der Waals surface area contributed by atoms with Crippen LogP contribution in [0, 0.1) is 5.92 Å². The zero-order valence-electron chi connectivity index (χ0n) is 17.8. The smallest absolute Gasteiger partial charge is 0.435 e. The van der Waals surface area contributed by atoms with Crippen molar-refractivity contribution in [1.29, 1.82) is 0 Å². The van der Waals surface area contributed by atoms with Gasteiger partial charge in [-0.1, -0.05) is 37.5 Å². The number of hydrogen-bond acceptors (Lipinski definition) is 6. The van der Waals surface area contributed by atoms with E-state index in [-0.39, 0.29) is 17.6 Å². The van der Waals surface area contributed by atoms with Gasteiger partial charge in [0.25, 0.3) is 5.88 Å². The molecule has 32 heavy (non-hydrogen) atoms. The largest absolute Gasteiger partial charge is 0.534 e. The van der Waals surface area contributed by atoms with Gasteiger partial charge in [0.2, 0.25) is 5.89 Å². The minimum absolute atomic E-state index is 0.102. The summed E-state index contributed by atoms with van der Waals surface area (Å²) in [6.45, 7) is 5.20. The molecule has 0 spiro atoms. The molecule has 0 radical (unpaired) electrons. The van der Waals surface area contributed by atoms with Gasteiger partial charge in [-0.2, -0.15) is 26.6 Å². The Labute approximate surface area is 187 Å². The molecule has 7 nitrogen and oxygen atoms in total. The molecule has 178 valence electrons. The molecule has 1 fully saturated rings. The lowest BCUT2D eigenvalue weighted by Gasteiger charge is -2.30. The van der Waals surface area contributed by atoms with Gasteiger partial charge in [-0.3, -0.25) is 0 Å². The zero-order chi connectivity index (χ0) is 23.7. The third-order valence-electron chi connectivity index (χ3n) is 5.03. The van der Waals surface area contributed by atoms with Crippen molar-refractivity contribution in [1.82, 2.24) is 9.71 Å². The molecule has 0 aliphatic heterocycles. The Kier molecular flexibility index (Phi) is 7.06. The molecule has 2 atom stereocenters. The molecule has 1 heterocycles. The monoisotopic (exact) mass is 494 g/mol. The Balaban J connectivity index is 2.06. The van der Waals surface area contributed by atoms with Crippen molar-refractivity contribution >= 4 is 21.1 Å². The maximum atomic E-state index is 13.0. The normalized spacial score (nSPS) is 17.6. The van der Waals surface area contributed by atoms with Crippen LogP contribution >= 0.6 is 0 Å². The van der Waals surface area contributed by atoms with Gasteiger partial charge in [0, 0.05) is 5.56 Å². The number of halogens is 3. The molecule has 2 aromatic rings. The molecular formula is C20H25F3N2O5S2. The standard InChI is InChI=1S/C20H25F3N2O5S2/c1-19(2,3)31(26)25-15(12-13-8-7-9-13)16-18(30-32(27,28)20(21,22)23)24-17(29-16)14-10-5-4-6-11-14/h4-6,10-11,13,15,25H,7-9,12H2,1-3H3/t15-,31+/m1/s1. The molecule has 1 aliphatic rings. The van der Waals surface area contributed by atoms with Gasteiger partial charge in [0.15, 0.2) is 5.76 Å². The van der Waals surface area contributed by atoms with E-state index in [2.05, 4.69) is 13.9 Å². The van der Waals surface area contributed by atoms with Crippen molar-refractivity contribution in [2.75, 3.05) is 0 Å². The van der Waals surface area contributed by atoms with E-state index < -0.39 is 43.3 Å². The van der Waals surface area contributed by atoms with E-state index in [1.165, 1.54) is 0 Å². The molecule has 0 saturated heterocycles. The third-order valence-corrected chi connectivity index (χ3v) is 7.58. The van der Waals surface area contributed by atoms with E-state index >= 15 is 0 Å². The summed E-state index contributed by atoms with van der Waals surface area (Å²) < 4.78 is 87.5. The van der Waals surface area contributed by atoms with Crippen molar-refractivity contribution in [2.24, 2.45) is 5.92 Å². The van der Waals surface area contributed by atoms with Gasteiger partial charge in [-0.05, 0) is 45.2 Å². The molecule has 3 rings (SSSR count). The number of rotatable bonds is 8. The first kappa shape index (κ1) is 24.7. The lowest BCUT2D eigenvalue weighted by molar-refractivity contribution is -0.0501. The predicted octanol–water partition coefficient (Wildman–Crippen LogP) is 4.85. The second-order valence-corrected chi connectivity index (χ2v) is 12.2. The van der Waals surface area contributed by atoms with Gasteiger partial charge in [0.05, 0.1) is 21.8 Å². The number of hydrogen-bond donors (Lipinski definition) is 1. The number of nitrogens with one attached hydrogen (secondary N) is 1. The average Bonchev–Trinajstić information content (AvgIpc) is 3.05. The van der Waals surface area contributed by atoms with Crippen LogP contribution in [-0.4, -0.2) is 27.9 Å². The number of aromatic nitrogens is 1. The summed E-state index contributed by atoms with van der Waals surface area (Å²) in [4.78, 5) is 3.91. The highest BCUT2D eigenvalue weighted by Crippen LogP contribution is 2.41. The number of nitrogens with zero attached hydrogens (tertiary/aromatic N) is 1. The van der Waals surface area contributed by atoms with Crippen LogP contribution in [0.25, 0.3) is 11.5 Å². The summed E-state index contributed by atoms with van der Waals surface area (Å²) in [6, 6.07) is 7.43. The van der Waals surface area contributed by atoms with Crippen LogP contribution in [0.2, 0.25) is 0 Å². The maximum absolute atomic E-state index is 13.0. The Morgan fingerprint density at radius 3 is 2.34 bits per heavy atom. The fourth-order valence-electron chi connectivity index (χ4n) is 3.03. The summed E-state index contributed by atoms with van der Waals surface area (Å²) in [5.41, 5.74) is -5.21. The quantitative estimate of drug-likeness (QED) is 0.416. The molecule has 1 aromatic carbocycles. The van der Waals surface area contributed by atoms with Crippen LogP contribution < -0.4 is 8.91 Å². The Bertz CT molecular complexity index is 1060. The molecular weight excluding hydrogens is 469 g/mol. The zero-order valence-corrected chi connectivity index (χ0v) is 19.4. The molecule has 0 bridgehead atoms. The van der Waals surface area contributed by atoms with Crippen LogP contribution in [0.3, 0.4) is 0 Å². The SMILES string of the molecule is CC(C)(C)[S@](=O)N[C@H](CC1CCC1)c1oc(-c2ccccc2)nc1OS(=O)(=O)C(F)(F)F. The van der Waals surface area contributed by atoms with E-state index in [0.717, 1.165) is 19.3 Å². The van der Waals surface area contributed by atoms with Crippen LogP contribution in [0.5, 0.6) is 5.88 Å². The maximum Gasteiger partial charge on any atom is 0.534 e. The minimum atomic E-state index is -5.98. The Morgan fingerprint density at radius 1 is 1.22 bits per heavy atom. The second-order valence-electron chi connectivity index (χ2n) is 8.62. The van der Waals surface area contributed by atoms with Crippen LogP contribution in [-0.2, 0) is 21.1 Å². The Hall–Kier alpha value is -1.92. The van der Waals surface area contributed by atoms with Gasteiger partial charge < -0.3 is 8.60 Å². The first-order valence-electron chi connectivity index (χ1n) is 10.0. The van der Waals surface area contributed by atoms with E-state index in [9.17, 15) is 25.8 Å². The van der Waals surface area contributed by atoms with Crippen molar-refractivity contribution < 1.29 is 34.4 Å². The van der Waals surface area contributed by atoms with Crippen molar-refractivity contribution in [3.63, 3.8) is 0 Å². The molecule has 1 aromatic heterocycles. The summed E-state index contributed by atoms with van der Waals surface area (Å²) in [5, 5.41) is 0. The van der Waals surface area contributed by atoms with Crippen molar-refractivity contribution in [2.45, 2.75) is 62.8 Å². The summed E-state index contributed by atoms with van der Waals surface area (Å²) in [5.74, 6) is -0.929. The van der Waals surface area contributed by atoms with E-state index in [1.807, 2.05) is 0 Å². The molecule has 0 unspecified atom stereocenters. The van der Waals surface area contributed by atoms with Gasteiger partial charge >= 0.3 is 15.6 Å². The van der Waals surface area contributed by atoms with E-state index in [0.29, 0.717) is 12.0 Å². The topological polar surface area (TPSA) is 98.5 Å². The lowest BCUT2D eigenvalue weighted by Crippen LogP contribution is -2.37. The van der Waals surface area contributed by atoms with Gasteiger partial charge in [0.1, 0.15) is 0 Å². The number of oxazole rings is 1. The van der Waals surface area contributed by atoms with Crippen LogP contribution in [0.1, 0.15) is 58.3 Å². The predicted molar refractivity (Wildman–Crippen MR) is 113 cm³/mol. The lowest BCUT2D eigenvalue weighted by atomic mass is 9.80. The Morgan fingerprint density at radius 2 is 1.84 bits per heavy atom. The third kappa shape index (κ3) is 5.70. The summed E-state index contributed by atoms with van der Waals surface area (Å²) >= 11 is 0. The van der Waals surface area contributed by atoms with Gasteiger partial charge in [-0.25, -0.2) is 8.93 Å². The molecule has 1 saturated carbocycles. The summed E-state index contributed by atoms with van der Waals surface area (Å²) in [6.07, 6.45) is 3.19. The van der Waals surface area contributed by atoms with Gasteiger partial charge in [-0.15, -0.1) is 0 Å². The van der Waals surface area contributed by atoms with Crippen LogP contribution in [0.4, 0.5) is 13.2 Å². The van der Waals surface area contributed by atoms with Crippen molar-refractivity contribution in [3.05, 3.63) is 36.1 Å². The van der Waals surface area contributed by atoms with E-state index in [1.54, 1.807) is 51.1 Å². The van der Waals surface area contributed by atoms with Crippen LogP contribution in [0.15, 0.2) is 34.7 Å². The molecule has 12 heteroatoms. The highest BCUT2D eigenvalue weighted by atomic mass is 32.2. The molecule has 0 amide bonds. The fraction of sp³-hybridized carbons (Fsp3) is 0.550.